The zero-order valence-corrected chi connectivity index (χ0v) is 64.1. The molecule has 0 fully saturated rings. The van der Waals surface area contributed by atoms with E-state index >= 15 is 0 Å². The van der Waals surface area contributed by atoms with Crippen molar-refractivity contribution in [3.63, 3.8) is 0 Å². The van der Waals surface area contributed by atoms with Crippen molar-refractivity contribution in [2.75, 3.05) is 35.8 Å². The molecule has 21 nitrogen and oxygen atoms in total. The second kappa shape index (κ2) is 34.9. The van der Waals surface area contributed by atoms with Gasteiger partial charge in [0.25, 0.3) is 17.7 Å². The van der Waals surface area contributed by atoms with Gasteiger partial charge in [-0.25, -0.2) is 13.2 Å². The lowest BCUT2D eigenvalue weighted by molar-refractivity contribution is -0.323. The van der Waals surface area contributed by atoms with Gasteiger partial charge in [0.15, 0.2) is 0 Å². The topological polar surface area (TPSA) is 295 Å². The van der Waals surface area contributed by atoms with Crippen LogP contribution in [0.2, 0.25) is 0 Å². The van der Waals surface area contributed by atoms with Gasteiger partial charge in [-0.3, -0.25) is 47.9 Å². The number of esters is 1. The van der Waals surface area contributed by atoms with Gasteiger partial charge in [0.1, 0.15) is 47.7 Å². The summed E-state index contributed by atoms with van der Waals surface area (Å²) in [6.45, 7) is 31.2. The number of hydrogen-bond donors (Lipinski definition) is 3. The minimum absolute atomic E-state index is 0.0526. The molecule has 6 rings (SSSR count). The molecular formula is C80H92F3N6O15P-2. The molecule has 560 valence electrons. The van der Waals surface area contributed by atoms with Crippen molar-refractivity contribution in [2.24, 2.45) is 48.7 Å². The number of nitrogens with zero attached hydrogens (tertiary/aromatic N) is 3. The molecule has 3 amide bonds. The first-order chi connectivity index (χ1) is 48.3. The molecule has 0 aliphatic heterocycles. The van der Waals surface area contributed by atoms with Gasteiger partial charge in [-0.2, -0.15) is 7.57 Å². The maximum atomic E-state index is 13.6. The summed E-state index contributed by atoms with van der Waals surface area (Å²) < 4.78 is 60.8. The lowest BCUT2D eigenvalue weighted by atomic mass is 9.84. The van der Waals surface area contributed by atoms with Gasteiger partial charge in [-0.05, 0) is 192 Å². The van der Waals surface area contributed by atoms with Crippen molar-refractivity contribution in [3.8, 4) is 37.0 Å². The monoisotopic (exact) mass is 1460 g/mol. The highest BCUT2D eigenvalue weighted by atomic mass is 31.2. The number of carbonyl (C=O) groups excluding carboxylic acids is 10. The van der Waals surface area contributed by atoms with E-state index in [9.17, 15) is 70.9 Å². The third-order valence-corrected chi connectivity index (χ3v) is 18.3. The van der Waals surface area contributed by atoms with Crippen LogP contribution >= 0.6 is 7.57 Å². The zero-order chi connectivity index (χ0) is 80.3. The normalized spacial score (nSPS) is 12.9. The molecule has 3 heterocycles. The van der Waals surface area contributed by atoms with E-state index in [0.717, 1.165) is 0 Å². The van der Waals surface area contributed by atoms with Gasteiger partial charge >= 0.3 is 5.97 Å². The highest BCUT2D eigenvalue weighted by molar-refractivity contribution is 7.54. The van der Waals surface area contributed by atoms with E-state index in [2.05, 4.69) is 51.1 Å². The van der Waals surface area contributed by atoms with Crippen molar-refractivity contribution in [2.45, 2.75) is 137 Å². The fraction of sp³-hybridized carbons (Fsp3) is 0.388. The number of nitrogens with one attached hydrogen (secondary N) is 3. The molecule has 25 heteroatoms. The summed E-state index contributed by atoms with van der Waals surface area (Å²) in [7, 11) is 0.513. The molecule has 0 saturated heterocycles. The summed E-state index contributed by atoms with van der Waals surface area (Å²) in [6.07, 6.45) is 18.6. The highest BCUT2D eigenvalue weighted by Crippen LogP contribution is 2.35. The van der Waals surface area contributed by atoms with Crippen LogP contribution in [0.15, 0.2) is 66.9 Å². The Hall–Kier alpha value is -10.4. The second-order valence-electron chi connectivity index (χ2n) is 28.3. The van der Waals surface area contributed by atoms with E-state index in [-0.39, 0.29) is 77.1 Å². The summed E-state index contributed by atoms with van der Waals surface area (Å²) in [4.78, 5) is 152. The predicted octanol–water partition coefficient (Wildman–Crippen LogP) is 12.1. The number of carbonyl (C=O) groups is 10. The zero-order valence-electron chi connectivity index (χ0n) is 63.2. The first-order valence-corrected chi connectivity index (χ1v) is 34.7. The van der Waals surface area contributed by atoms with Crippen molar-refractivity contribution in [1.82, 2.24) is 13.7 Å². The van der Waals surface area contributed by atoms with E-state index in [1.807, 2.05) is 13.8 Å². The average Bonchev–Trinajstić information content (AvgIpc) is 1.64. The van der Waals surface area contributed by atoms with Crippen LogP contribution in [0.1, 0.15) is 188 Å². The van der Waals surface area contributed by atoms with E-state index in [1.165, 1.54) is 77.6 Å². The van der Waals surface area contributed by atoms with Gasteiger partial charge in [0.05, 0.1) is 50.7 Å². The van der Waals surface area contributed by atoms with Crippen molar-refractivity contribution in [1.29, 1.82) is 0 Å². The van der Waals surface area contributed by atoms with Crippen LogP contribution in [0.25, 0.3) is 0 Å². The fourth-order valence-electron chi connectivity index (χ4n) is 10.9. The fourth-order valence-corrected chi connectivity index (χ4v) is 11.4. The third-order valence-electron chi connectivity index (χ3n) is 17.8. The summed E-state index contributed by atoms with van der Waals surface area (Å²) in [5.74, 6) is 0.222. The predicted molar refractivity (Wildman–Crippen MR) is 395 cm³/mol. The molecule has 0 spiro atoms. The molecule has 3 N–H and O–H groups in total. The largest absolute Gasteiger partial charge is 0.821 e. The van der Waals surface area contributed by atoms with Crippen LogP contribution in [0.3, 0.4) is 0 Å². The van der Waals surface area contributed by atoms with Crippen LogP contribution in [0, 0.1) is 144 Å². The van der Waals surface area contributed by atoms with E-state index in [0.29, 0.717) is 67.7 Å². The maximum absolute atomic E-state index is 13.6. The summed E-state index contributed by atoms with van der Waals surface area (Å²) >= 11 is 0. The first-order valence-electron chi connectivity index (χ1n) is 33.0. The molecule has 0 radical (unpaired) electrons. The van der Waals surface area contributed by atoms with Crippen LogP contribution < -0.4 is 25.7 Å². The Bertz CT molecular complexity index is 4690. The number of terminal acetylenes is 3. The van der Waals surface area contributed by atoms with E-state index in [1.54, 1.807) is 116 Å². The minimum Gasteiger partial charge on any atom is -0.821 e. The van der Waals surface area contributed by atoms with Crippen LogP contribution in [0.4, 0.5) is 30.2 Å². The quantitative estimate of drug-likeness (QED) is 0.0108. The Kier molecular flexibility index (Phi) is 28.9. The van der Waals surface area contributed by atoms with Gasteiger partial charge in [0, 0.05) is 80.5 Å². The van der Waals surface area contributed by atoms with Crippen molar-refractivity contribution < 1.29 is 84.9 Å². The molecule has 3 unspecified atom stereocenters. The molecule has 3 aromatic heterocycles. The van der Waals surface area contributed by atoms with Crippen LogP contribution in [0.5, 0.6) is 0 Å². The number of ketones is 6. The molecule has 105 heavy (non-hydrogen) atoms. The number of benzene rings is 3. The molecule has 0 saturated carbocycles. The number of halogens is 3. The van der Waals surface area contributed by atoms with E-state index in [4.69, 9.17) is 28.7 Å². The highest BCUT2D eigenvalue weighted by Gasteiger charge is 2.38. The maximum Gasteiger partial charge on any atom is 0.311 e. The first kappa shape index (κ1) is 87.0. The van der Waals surface area contributed by atoms with Crippen LogP contribution in [-0.4, -0.2) is 98.2 Å². The lowest BCUT2D eigenvalue weighted by Gasteiger charge is -2.40. The lowest BCUT2D eigenvalue weighted by Crippen LogP contribution is -2.32. The summed E-state index contributed by atoms with van der Waals surface area (Å²) in [5.41, 5.74) is 1.28. The number of ether oxygens (including phenoxy) is 2. The standard InChI is InChI=1S/C28H33FN2O5.C28H33FN2O4.C24H26FN2O6P/c1-10-28(8,15-36-26(35)27(5,6)7)14-21(32)24(33)22-17(3)23(31(9)18(22)4)25(34)30-19-11-12-20(29)16(2)13-19;1-10-28(8,15-35-20(7)16(2)3)14-23(32)26(33)24-18(5)25(31(9)19(24)6)27(34)30-21-11-12-22(29)17(4)13-21;1-8-24(5,13-33-34(7,31)32)12-19(28)22(29)20-15(3)21(27(6)16(20)4)23(30)26-17-9-10-18(25)14(2)11-17/h1,11-13H,14-15H2,2-9H3,(H,30,34);1,11-13,16H,7,14-15H2,2-6,8-9H3,(H,30,34);1,9-11H,7,12-13H2,2-6H3,(H-2,26,30,31,32)/q;;-2. The summed E-state index contributed by atoms with van der Waals surface area (Å²) in [6, 6.07) is 12.6. The number of anilines is 3. The SMILES string of the molecule is C#CC(C)(COC(=C)C(C)C)CC(=O)C(=O)c1c(C)c(C(=O)Nc2ccc(F)c(C)c2)n(C)c1C.C#CC(C)(COC(=O)C(C)(C)C)CC(=O)C(=O)c1c(C)c(C(=O)Nc2ccc(F)c(C)c2)n(C)c1C.C#CC(C)(COP(=C)([O-])[O-])CC(=O)C(=O)c1c(C)c(C(=O)Nc2ccc(F)c(C)c2)n(C)c1C. The van der Waals surface area contributed by atoms with Crippen molar-refractivity contribution in [3.05, 3.63) is 169 Å². The smallest absolute Gasteiger partial charge is 0.311 e. The van der Waals surface area contributed by atoms with Crippen molar-refractivity contribution >= 4 is 89.3 Å². The number of amides is 3. The molecule has 0 bridgehead atoms. The molecular weight excluding hydrogens is 1370 g/mol. The summed E-state index contributed by atoms with van der Waals surface area (Å²) in [5, 5.41) is 8.10. The number of allylic oxidation sites excluding steroid dienone is 1. The van der Waals surface area contributed by atoms with Gasteiger partial charge in [0.2, 0.25) is 34.7 Å². The average molecular weight is 1470 g/mol. The Morgan fingerprint density at radius 3 is 1.00 bits per heavy atom. The minimum atomic E-state index is -4.33. The number of aryl methyl sites for hydroxylation is 3. The van der Waals surface area contributed by atoms with Gasteiger partial charge < -0.3 is 53.4 Å². The number of aromatic nitrogens is 3. The second-order valence-corrected chi connectivity index (χ2v) is 29.7. The Balaban J connectivity index is 0.000000333. The van der Waals surface area contributed by atoms with E-state index < -0.39 is 112 Å². The molecule has 0 aliphatic rings. The number of hydrogen-bond acceptors (Lipinski definition) is 15. The molecule has 6 aromatic rings. The van der Waals surface area contributed by atoms with Crippen LogP contribution in [-0.2, 0) is 54.3 Å². The molecule has 3 atom stereocenters. The Morgan fingerprint density at radius 1 is 0.495 bits per heavy atom. The number of rotatable bonds is 27. The van der Waals surface area contributed by atoms with Gasteiger partial charge in [-0.15, -0.1) is 25.6 Å². The Labute approximate surface area is 612 Å². The molecule has 0 aliphatic carbocycles. The Morgan fingerprint density at radius 2 is 0.762 bits per heavy atom. The van der Waals surface area contributed by atoms with Gasteiger partial charge in [-0.1, -0.05) is 38.2 Å². The third kappa shape index (κ3) is 21.8. The number of Topliss-reactive ketones (excluding diaryl/α,β-unsaturated/α-hetero) is 6. The molecule has 3 aromatic carbocycles.